The Hall–Kier alpha value is -3.01. The lowest BCUT2D eigenvalue weighted by molar-refractivity contribution is 0.514. The molecule has 1 heterocycles. The summed E-state index contributed by atoms with van der Waals surface area (Å²) >= 11 is 0. The van der Waals surface area contributed by atoms with E-state index in [9.17, 15) is 4.79 Å². The molecule has 0 amide bonds. The molecule has 0 bridgehead atoms. The van der Waals surface area contributed by atoms with Gasteiger partial charge in [-0.15, -0.1) is 0 Å². The van der Waals surface area contributed by atoms with Gasteiger partial charge in [0.1, 0.15) is 5.58 Å². The normalized spacial score (nSPS) is 11.5. The topological polar surface area (TPSA) is 30.2 Å². The quantitative estimate of drug-likeness (QED) is 0.175. The molecule has 31 heavy (non-hydrogen) atoms. The molecule has 0 N–H and O–H groups in total. The van der Waals surface area contributed by atoms with Gasteiger partial charge in [0.25, 0.3) is 0 Å². The molecule has 0 unspecified atom stereocenters. The maximum atomic E-state index is 15.2. The van der Waals surface area contributed by atoms with E-state index in [1.807, 2.05) is 24.3 Å². The molecule has 0 fully saturated rings. The van der Waals surface area contributed by atoms with Gasteiger partial charge in [-0.25, -0.2) is 13.6 Å². The molecule has 1 aromatic heterocycles. The van der Waals surface area contributed by atoms with E-state index in [1.165, 1.54) is 0 Å². The Bertz CT molecular complexity index is 1290. The fourth-order valence-corrected chi connectivity index (χ4v) is 4.13. The van der Waals surface area contributed by atoms with Crippen LogP contribution in [0.25, 0.3) is 32.9 Å². The predicted octanol–water partition coefficient (Wildman–Crippen LogP) is 7.58. The summed E-state index contributed by atoms with van der Waals surface area (Å²) in [5, 5.41) is 1.12. The third-order valence-electron chi connectivity index (χ3n) is 5.81. The number of fused-ring (bicyclic) bond motifs is 3. The van der Waals surface area contributed by atoms with E-state index in [2.05, 4.69) is 13.8 Å². The van der Waals surface area contributed by atoms with Crippen molar-refractivity contribution in [3.8, 4) is 11.1 Å². The number of aryl methyl sites for hydroxylation is 2. The molecular formula is C27H26F2O2. The van der Waals surface area contributed by atoms with Crippen LogP contribution in [-0.2, 0) is 12.8 Å². The van der Waals surface area contributed by atoms with Gasteiger partial charge in [0.2, 0.25) is 0 Å². The zero-order valence-corrected chi connectivity index (χ0v) is 17.9. The van der Waals surface area contributed by atoms with Crippen molar-refractivity contribution < 1.29 is 13.2 Å². The fourth-order valence-electron chi connectivity index (χ4n) is 4.13. The molecule has 3 aromatic carbocycles. The molecule has 0 aliphatic carbocycles. The number of unbranched alkanes of at least 4 members (excludes halogenated alkanes) is 2. The Morgan fingerprint density at radius 2 is 1.55 bits per heavy atom. The van der Waals surface area contributed by atoms with Crippen LogP contribution in [0, 0.1) is 11.6 Å². The molecule has 4 heteroatoms. The van der Waals surface area contributed by atoms with Crippen molar-refractivity contribution in [3.05, 3.63) is 81.7 Å². The summed E-state index contributed by atoms with van der Waals surface area (Å²) in [6.45, 7) is 4.20. The smallest absolute Gasteiger partial charge is 0.339 e. The van der Waals surface area contributed by atoms with Crippen LogP contribution in [-0.4, -0.2) is 0 Å². The minimum absolute atomic E-state index is 0.0126. The highest BCUT2D eigenvalue weighted by atomic mass is 19.2. The molecule has 4 rings (SSSR count). The maximum absolute atomic E-state index is 15.2. The van der Waals surface area contributed by atoms with Crippen LogP contribution in [0.3, 0.4) is 0 Å². The van der Waals surface area contributed by atoms with Crippen molar-refractivity contribution in [2.75, 3.05) is 0 Å². The predicted molar refractivity (Wildman–Crippen MR) is 123 cm³/mol. The summed E-state index contributed by atoms with van der Waals surface area (Å²) in [7, 11) is 0. The van der Waals surface area contributed by atoms with Crippen molar-refractivity contribution in [2.24, 2.45) is 0 Å². The Morgan fingerprint density at radius 1 is 0.806 bits per heavy atom. The van der Waals surface area contributed by atoms with Crippen LogP contribution in [0.2, 0.25) is 0 Å². The van der Waals surface area contributed by atoms with Gasteiger partial charge >= 0.3 is 5.63 Å². The summed E-state index contributed by atoms with van der Waals surface area (Å²) in [5.74, 6) is -1.92. The first kappa shape index (κ1) is 21.2. The fraction of sp³-hybridized carbons (Fsp3) is 0.296. The molecule has 0 aliphatic rings. The first-order valence-corrected chi connectivity index (χ1v) is 11.0. The number of hydrogen-bond donors (Lipinski definition) is 0. The molecule has 0 saturated carbocycles. The molecule has 0 aliphatic heterocycles. The van der Waals surface area contributed by atoms with Gasteiger partial charge in [0.05, 0.1) is 5.39 Å². The lowest BCUT2D eigenvalue weighted by Gasteiger charge is -2.11. The average Bonchev–Trinajstić information content (AvgIpc) is 2.77. The molecule has 4 aromatic rings. The van der Waals surface area contributed by atoms with Gasteiger partial charge in [0, 0.05) is 16.5 Å². The third-order valence-corrected chi connectivity index (χ3v) is 5.81. The van der Waals surface area contributed by atoms with E-state index in [-0.39, 0.29) is 16.5 Å². The first-order valence-electron chi connectivity index (χ1n) is 11.0. The monoisotopic (exact) mass is 420 g/mol. The minimum atomic E-state index is -0.988. The number of benzene rings is 3. The van der Waals surface area contributed by atoms with E-state index in [0.29, 0.717) is 28.3 Å². The van der Waals surface area contributed by atoms with E-state index < -0.39 is 17.3 Å². The van der Waals surface area contributed by atoms with E-state index in [0.717, 1.165) is 37.7 Å². The van der Waals surface area contributed by atoms with Crippen LogP contribution in [0.4, 0.5) is 8.78 Å². The van der Waals surface area contributed by atoms with Crippen LogP contribution in [0.5, 0.6) is 0 Å². The van der Waals surface area contributed by atoms with Crippen molar-refractivity contribution in [2.45, 2.75) is 52.4 Å². The molecular weight excluding hydrogens is 394 g/mol. The van der Waals surface area contributed by atoms with E-state index >= 15 is 8.78 Å². The number of hydrogen-bond acceptors (Lipinski definition) is 2. The van der Waals surface area contributed by atoms with E-state index in [4.69, 9.17) is 4.42 Å². The summed E-state index contributed by atoms with van der Waals surface area (Å²) in [6, 6.07) is 14.4. The minimum Gasteiger partial charge on any atom is -0.422 e. The lowest BCUT2D eigenvalue weighted by atomic mass is 9.97. The average molecular weight is 420 g/mol. The van der Waals surface area contributed by atoms with Gasteiger partial charge in [-0.1, -0.05) is 69.5 Å². The van der Waals surface area contributed by atoms with Gasteiger partial charge in [-0.05, 0) is 47.9 Å². The highest BCUT2D eigenvalue weighted by Crippen LogP contribution is 2.35. The van der Waals surface area contributed by atoms with Crippen molar-refractivity contribution in [3.63, 3.8) is 0 Å². The van der Waals surface area contributed by atoms with Crippen molar-refractivity contribution >= 4 is 21.7 Å². The second kappa shape index (κ2) is 9.01. The molecule has 0 saturated heterocycles. The van der Waals surface area contributed by atoms with Crippen molar-refractivity contribution in [1.29, 1.82) is 0 Å². The Morgan fingerprint density at radius 3 is 2.26 bits per heavy atom. The standard InChI is InChI=1S/C27H26F2O2/c1-3-5-6-8-21-15-20-14-13-19-16-22(18-11-9-17(7-4-2)10-12-18)24(28)25(29)23(19)26(20)31-27(21)30/h9-16H,3-8H2,1-2H3. The largest absolute Gasteiger partial charge is 0.422 e. The molecule has 160 valence electrons. The van der Waals surface area contributed by atoms with E-state index in [1.54, 1.807) is 24.3 Å². The van der Waals surface area contributed by atoms with Crippen LogP contribution >= 0.6 is 0 Å². The zero-order valence-electron chi connectivity index (χ0n) is 17.9. The van der Waals surface area contributed by atoms with Crippen LogP contribution in [0.1, 0.15) is 50.7 Å². The Kier molecular flexibility index (Phi) is 6.17. The van der Waals surface area contributed by atoms with Crippen molar-refractivity contribution in [1.82, 2.24) is 0 Å². The summed E-state index contributed by atoms with van der Waals surface area (Å²) in [6.07, 6.45) is 5.56. The van der Waals surface area contributed by atoms with Crippen LogP contribution in [0.15, 0.2) is 57.7 Å². The van der Waals surface area contributed by atoms with Crippen LogP contribution < -0.4 is 5.63 Å². The van der Waals surface area contributed by atoms with Gasteiger partial charge in [-0.2, -0.15) is 0 Å². The SMILES string of the molecule is CCCCCc1cc2ccc3cc(-c4ccc(CCC)cc4)c(F)c(F)c3c2oc1=O. The number of halogens is 2. The second-order valence-electron chi connectivity index (χ2n) is 8.10. The zero-order chi connectivity index (χ0) is 22.0. The molecule has 0 spiro atoms. The Labute approximate surface area is 180 Å². The van der Waals surface area contributed by atoms with Gasteiger partial charge in [0.15, 0.2) is 11.6 Å². The highest BCUT2D eigenvalue weighted by molar-refractivity contribution is 6.05. The first-order chi connectivity index (χ1) is 15.0. The second-order valence-corrected chi connectivity index (χ2v) is 8.10. The molecule has 0 atom stereocenters. The number of rotatable bonds is 7. The molecule has 2 nitrogen and oxygen atoms in total. The van der Waals surface area contributed by atoms with Gasteiger partial charge in [-0.3, -0.25) is 0 Å². The molecule has 0 radical (unpaired) electrons. The lowest BCUT2D eigenvalue weighted by Crippen LogP contribution is -2.07. The highest BCUT2D eigenvalue weighted by Gasteiger charge is 2.19. The summed E-state index contributed by atoms with van der Waals surface area (Å²) in [4.78, 5) is 12.5. The maximum Gasteiger partial charge on any atom is 0.339 e. The Balaban J connectivity index is 1.83. The summed E-state index contributed by atoms with van der Waals surface area (Å²) in [5.41, 5.74) is 2.17. The van der Waals surface area contributed by atoms with Gasteiger partial charge < -0.3 is 4.42 Å². The summed E-state index contributed by atoms with van der Waals surface area (Å²) < 4.78 is 35.8. The third kappa shape index (κ3) is 4.12.